The molecule has 5 saturated carbocycles. The fourth-order valence-electron chi connectivity index (χ4n) is 15.8. The molecule has 5 nitrogen and oxygen atoms in total. The normalized spacial score (nSPS) is 38.2. The molecule has 0 aromatic carbocycles. The van der Waals surface area contributed by atoms with Crippen molar-refractivity contribution in [3.05, 3.63) is 24.8 Å². The number of hydrogen-bond donors (Lipinski definition) is 5. The minimum Gasteiger partial charge on any atom is -0.396 e. The van der Waals surface area contributed by atoms with E-state index in [0.717, 1.165) is 19.3 Å². The van der Waals surface area contributed by atoms with E-state index in [-0.39, 0.29) is 73.2 Å². The average molecular weight is 1020 g/mol. The molecule has 0 bridgehead atoms. The Bertz CT molecular complexity index is 1590. The Kier molecular flexibility index (Phi) is 26.7. The Morgan fingerprint density at radius 3 is 1.07 bits per heavy atom. The first kappa shape index (κ1) is 69.3. The zero-order valence-corrected chi connectivity index (χ0v) is 52.7. The first-order chi connectivity index (χ1) is 32.9. The highest BCUT2D eigenvalue weighted by Gasteiger charge is 2.54. The molecular weight excluding hydrogens is 885 g/mol. The molecule has 72 heavy (non-hydrogen) atoms. The number of aliphatic hydroxyl groups is 5. The number of allylic oxidation sites excluding steroid dienone is 1. The second kappa shape index (κ2) is 27.7. The van der Waals surface area contributed by atoms with E-state index in [9.17, 15) is 25.5 Å². The van der Waals surface area contributed by atoms with Crippen LogP contribution in [0, 0.1) is 83.7 Å². The molecule has 0 aliphatic heterocycles. The van der Waals surface area contributed by atoms with Gasteiger partial charge in [0.15, 0.2) is 0 Å². The summed E-state index contributed by atoms with van der Waals surface area (Å²) in [5, 5.41) is 51.0. The third-order valence-corrected chi connectivity index (χ3v) is 24.8. The topological polar surface area (TPSA) is 101 Å². The average Bonchev–Trinajstić information content (AvgIpc) is 3.29. The fraction of sp³-hybridized carbons (Fsp3) is 0.940. The van der Waals surface area contributed by atoms with Crippen molar-refractivity contribution in [1.82, 2.24) is 0 Å². The van der Waals surface area contributed by atoms with Gasteiger partial charge in [0, 0.05) is 28.3 Å². The molecule has 0 radical (unpaired) electrons. The molecule has 5 aliphatic carbocycles. The second-order valence-corrected chi connectivity index (χ2v) is 29.7. The summed E-state index contributed by atoms with van der Waals surface area (Å²) in [5.74, 6) is 3.12. The van der Waals surface area contributed by atoms with Crippen LogP contribution in [0.25, 0.3) is 0 Å². The van der Waals surface area contributed by atoms with Crippen molar-refractivity contribution in [3.8, 4) is 0 Å². The third-order valence-electron chi connectivity index (χ3n) is 24.8. The van der Waals surface area contributed by atoms with Gasteiger partial charge in [-0.3, -0.25) is 0 Å². The van der Waals surface area contributed by atoms with E-state index in [0.29, 0.717) is 48.0 Å². The van der Waals surface area contributed by atoms with Gasteiger partial charge in [-0.25, -0.2) is 0 Å². The summed E-state index contributed by atoms with van der Waals surface area (Å²) in [7, 11) is 0. The van der Waals surface area contributed by atoms with Crippen LogP contribution in [-0.2, 0) is 0 Å². The van der Waals surface area contributed by atoms with Gasteiger partial charge in [-0.2, -0.15) is 0 Å². The van der Waals surface area contributed by atoms with Crippen LogP contribution in [0.5, 0.6) is 0 Å². The minimum atomic E-state index is -0.312. The highest BCUT2D eigenvalue weighted by atomic mass is 16.3. The lowest BCUT2D eigenvalue weighted by atomic mass is 9.51. The predicted octanol–water partition coefficient (Wildman–Crippen LogP) is 18.4. The molecule has 0 aromatic heterocycles. The Morgan fingerprint density at radius 1 is 0.472 bits per heavy atom. The van der Waals surface area contributed by atoms with Crippen molar-refractivity contribution in [1.29, 1.82) is 0 Å². The molecule has 5 fully saturated rings. The zero-order valence-electron chi connectivity index (χ0n) is 52.7. The number of rotatable bonds is 12. The Morgan fingerprint density at radius 2 is 0.792 bits per heavy atom. The first-order valence-electron chi connectivity index (χ1n) is 30.4. The highest BCUT2D eigenvalue weighted by Crippen LogP contribution is 2.59. The summed E-state index contributed by atoms with van der Waals surface area (Å²) in [5.41, 5.74) is 1.68. The molecule has 5 aliphatic rings. The summed E-state index contributed by atoms with van der Waals surface area (Å²) >= 11 is 0. The van der Waals surface area contributed by atoms with Crippen molar-refractivity contribution < 1.29 is 25.5 Å². The molecule has 14 atom stereocenters. The maximum atomic E-state index is 10.6. The van der Waals surface area contributed by atoms with Crippen molar-refractivity contribution in [2.24, 2.45) is 83.7 Å². The Labute approximate surface area is 450 Å². The molecule has 0 amide bonds. The van der Waals surface area contributed by atoms with Crippen LogP contribution < -0.4 is 0 Å². The van der Waals surface area contributed by atoms with Gasteiger partial charge in [0.1, 0.15) is 0 Å². The van der Waals surface area contributed by atoms with E-state index in [4.69, 9.17) is 0 Å². The van der Waals surface area contributed by atoms with Gasteiger partial charge in [0.2, 0.25) is 0 Å². The second-order valence-electron chi connectivity index (χ2n) is 29.7. The van der Waals surface area contributed by atoms with Crippen molar-refractivity contribution in [2.45, 2.75) is 312 Å². The maximum Gasteiger partial charge on any atom is 0.0782 e. The van der Waals surface area contributed by atoms with E-state index in [2.05, 4.69) is 159 Å². The molecule has 5 heteroatoms. The Hall–Kier alpha value is -0.720. The summed E-state index contributed by atoms with van der Waals surface area (Å²) in [6.07, 6.45) is 28.9. The van der Waals surface area contributed by atoms with Gasteiger partial charge < -0.3 is 25.5 Å². The highest BCUT2D eigenvalue weighted by molar-refractivity contribution is 5.07. The molecule has 428 valence electrons. The van der Waals surface area contributed by atoms with Crippen LogP contribution in [0.2, 0.25) is 0 Å². The molecule has 0 spiro atoms. The molecule has 0 heterocycles. The summed E-state index contributed by atoms with van der Waals surface area (Å²) in [4.78, 5) is 0. The van der Waals surface area contributed by atoms with Gasteiger partial charge in [0.25, 0.3) is 0 Å². The van der Waals surface area contributed by atoms with E-state index >= 15 is 0 Å². The quantitative estimate of drug-likeness (QED) is 0.125. The lowest BCUT2D eigenvalue weighted by Gasteiger charge is -2.55. The van der Waals surface area contributed by atoms with Crippen molar-refractivity contribution >= 4 is 0 Å². The van der Waals surface area contributed by atoms with Gasteiger partial charge in [-0.1, -0.05) is 248 Å². The summed E-state index contributed by atoms with van der Waals surface area (Å²) in [6.45, 7) is 56.3. The number of aliphatic hydroxyl groups excluding tert-OH is 5. The minimum absolute atomic E-state index is 0.0117. The van der Waals surface area contributed by atoms with Crippen LogP contribution in [0.1, 0.15) is 288 Å². The largest absolute Gasteiger partial charge is 0.396 e. The van der Waals surface area contributed by atoms with Crippen LogP contribution in [0.4, 0.5) is 0 Å². The van der Waals surface area contributed by atoms with Crippen LogP contribution in [0.15, 0.2) is 24.8 Å². The zero-order chi connectivity index (χ0) is 56.2. The lowest BCUT2D eigenvalue weighted by Crippen LogP contribution is -2.51. The van der Waals surface area contributed by atoms with E-state index in [1.54, 1.807) is 0 Å². The van der Waals surface area contributed by atoms with Crippen LogP contribution >= 0.6 is 0 Å². The number of unbranched alkanes of at least 4 members (excludes halogenated alkanes) is 1. The monoisotopic (exact) mass is 1010 g/mol. The lowest BCUT2D eigenvalue weighted by molar-refractivity contribution is -0.116. The molecule has 0 saturated heterocycles. The van der Waals surface area contributed by atoms with E-state index in [1.165, 1.54) is 103 Å². The SMILES string of the molecule is C/C=C/C(O)C1(C)C(C)CCCC1(C)C.C=CCC(O)C1(C)C(C)CCCC1(C)C.CC1CCCC(C)(C)C1(C)CO.CCC(O)C1(C)C(C)CCCC1(C)C.CCCCC(O)C1(C)C(C)CCCC1(C)C. The van der Waals surface area contributed by atoms with Crippen LogP contribution in [0.3, 0.4) is 0 Å². The van der Waals surface area contributed by atoms with Gasteiger partial charge in [-0.15, -0.1) is 6.58 Å². The predicted molar refractivity (Wildman–Crippen MR) is 315 cm³/mol. The van der Waals surface area contributed by atoms with Crippen LogP contribution in [-0.4, -0.2) is 56.6 Å². The standard InChI is InChI=1S/C15H30O.2C14H26O.C13H26O.C11H22O/c1-6-7-10-13(16)15(5)12(2)9-8-11-14(15,3)4;2*1-6-8-12(15)14(5)11(2)9-7-10-13(14,3)4;1-6-11(14)13(5)10(2)8-7-9-12(13,3)4;1-9-6-5-7-10(2,3)11(9,4)8-12/h12-13,16H,6-11H2,1-5H3;6,8,11-12,15H,7,9-10H2,1-5H3;6,11-12,15H,1,7-10H2,2-5H3;10-11,14H,6-9H2,1-5H3;9,12H,5-8H2,1-4H3/b;8-6+;;;. The molecular formula is C67H130O5. The molecule has 0 aromatic rings. The van der Waals surface area contributed by atoms with E-state index in [1.807, 2.05) is 25.2 Å². The fourth-order valence-corrected chi connectivity index (χ4v) is 15.8. The number of hydrogen-bond acceptors (Lipinski definition) is 5. The van der Waals surface area contributed by atoms with Crippen molar-refractivity contribution in [2.75, 3.05) is 6.61 Å². The third kappa shape index (κ3) is 14.7. The summed E-state index contributed by atoms with van der Waals surface area (Å²) in [6, 6.07) is 0. The first-order valence-corrected chi connectivity index (χ1v) is 30.4. The smallest absolute Gasteiger partial charge is 0.0782 e. The van der Waals surface area contributed by atoms with Gasteiger partial charge >= 0.3 is 0 Å². The maximum absolute atomic E-state index is 10.6. The molecule has 14 unspecified atom stereocenters. The van der Waals surface area contributed by atoms with Gasteiger partial charge in [-0.05, 0) is 120 Å². The van der Waals surface area contributed by atoms with Gasteiger partial charge in [0.05, 0.1) is 24.4 Å². The van der Waals surface area contributed by atoms with Crippen molar-refractivity contribution in [3.63, 3.8) is 0 Å². The Balaban J connectivity index is 0.000000451. The molecule has 5 rings (SSSR count). The molecule has 5 N–H and O–H groups in total. The van der Waals surface area contributed by atoms with E-state index < -0.39 is 0 Å². The summed E-state index contributed by atoms with van der Waals surface area (Å²) < 4.78 is 0.